The summed E-state index contributed by atoms with van der Waals surface area (Å²) in [4.78, 5) is 3.93. The van der Waals surface area contributed by atoms with E-state index in [4.69, 9.17) is 5.73 Å². The van der Waals surface area contributed by atoms with Crippen molar-refractivity contribution in [2.75, 3.05) is 5.73 Å². The van der Waals surface area contributed by atoms with Gasteiger partial charge in [-0.1, -0.05) is 45.1 Å². The molecule has 1 aromatic heterocycles. The van der Waals surface area contributed by atoms with Gasteiger partial charge >= 0.3 is 0 Å². The molecule has 2 rings (SSSR count). The zero-order valence-corrected chi connectivity index (χ0v) is 10.4. The van der Waals surface area contributed by atoms with Crippen molar-refractivity contribution in [3.63, 3.8) is 0 Å². The fraction of sp³-hybridized carbons (Fsp3) is 0.364. The van der Waals surface area contributed by atoms with E-state index in [2.05, 4.69) is 4.98 Å². The standard InChI is InChI=1S/C7H5FN2S.2C2H6/c8-4-2-1-3-5-6(4)11-7(9)10-5;2*1-2/h1-3H,(H2,9,10);2*1-2H3. The summed E-state index contributed by atoms with van der Waals surface area (Å²) in [6, 6.07) is 4.77. The predicted octanol–water partition coefficient (Wildman–Crippen LogP) is 4.07. The van der Waals surface area contributed by atoms with Crippen LogP contribution in [0.1, 0.15) is 27.7 Å². The molecule has 0 radical (unpaired) electrons. The number of aromatic nitrogens is 1. The normalized spacial score (nSPS) is 8.60. The zero-order valence-electron chi connectivity index (χ0n) is 9.54. The third-order valence-electron chi connectivity index (χ3n) is 1.38. The van der Waals surface area contributed by atoms with Crippen LogP contribution in [0.3, 0.4) is 0 Å². The van der Waals surface area contributed by atoms with Crippen molar-refractivity contribution in [2.24, 2.45) is 0 Å². The number of hydrogen-bond donors (Lipinski definition) is 1. The quantitative estimate of drug-likeness (QED) is 0.738. The lowest BCUT2D eigenvalue weighted by Crippen LogP contribution is -1.78. The van der Waals surface area contributed by atoms with E-state index in [-0.39, 0.29) is 5.82 Å². The van der Waals surface area contributed by atoms with Crippen LogP contribution >= 0.6 is 11.3 Å². The van der Waals surface area contributed by atoms with Crippen molar-refractivity contribution < 1.29 is 4.39 Å². The fourth-order valence-corrected chi connectivity index (χ4v) is 1.67. The average Bonchev–Trinajstić information content (AvgIpc) is 2.66. The van der Waals surface area contributed by atoms with E-state index in [9.17, 15) is 4.39 Å². The SMILES string of the molecule is CC.CC.Nc1nc2cccc(F)c2s1. The van der Waals surface area contributed by atoms with Gasteiger partial charge in [0.05, 0.1) is 10.2 Å². The van der Waals surface area contributed by atoms with E-state index >= 15 is 0 Å². The molecule has 0 atom stereocenters. The summed E-state index contributed by atoms with van der Waals surface area (Å²) < 4.78 is 13.4. The highest BCUT2D eigenvalue weighted by Crippen LogP contribution is 2.25. The Hall–Kier alpha value is -1.16. The lowest BCUT2D eigenvalue weighted by atomic mass is 10.3. The molecule has 15 heavy (non-hydrogen) atoms. The number of halogens is 1. The number of rotatable bonds is 0. The minimum absolute atomic E-state index is 0.253. The molecule has 0 fully saturated rings. The van der Waals surface area contributed by atoms with Gasteiger partial charge in [-0.3, -0.25) is 0 Å². The highest BCUT2D eigenvalue weighted by atomic mass is 32.1. The molecule has 2 nitrogen and oxygen atoms in total. The van der Waals surface area contributed by atoms with Crippen LogP contribution in [0.2, 0.25) is 0 Å². The van der Waals surface area contributed by atoms with Crippen molar-refractivity contribution in [1.82, 2.24) is 4.98 Å². The van der Waals surface area contributed by atoms with Crippen LogP contribution in [-0.2, 0) is 0 Å². The molecule has 0 unspecified atom stereocenters. The molecule has 0 bridgehead atoms. The molecule has 0 saturated carbocycles. The Balaban J connectivity index is 0.000000442. The predicted molar refractivity (Wildman–Crippen MR) is 66.7 cm³/mol. The summed E-state index contributed by atoms with van der Waals surface area (Å²) in [5, 5.41) is 0.408. The first-order valence-electron chi connectivity index (χ1n) is 5.08. The second-order valence-electron chi connectivity index (χ2n) is 2.14. The van der Waals surface area contributed by atoms with E-state index in [0.717, 1.165) is 0 Å². The van der Waals surface area contributed by atoms with Gasteiger partial charge in [0.2, 0.25) is 0 Å². The van der Waals surface area contributed by atoms with Crippen molar-refractivity contribution in [3.05, 3.63) is 24.0 Å². The van der Waals surface area contributed by atoms with Crippen molar-refractivity contribution in [3.8, 4) is 0 Å². The van der Waals surface area contributed by atoms with Crippen LogP contribution < -0.4 is 5.73 Å². The molecule has 0 aliphatic heterocycles. The van der Waals surface area contributed by atoms with E-state index in [1.807, 2.05) is 27.7 Å². The molecule has 0 spiro atoms. The van der Waals surface area contributed by atoms with Gasteiger partial charge in [-0.05, 0) is 12.1 Å². The lowest BCUT2D eigenvalue weighted by molar-refractivity contribution is 0.641. The molecule has 0 amide bonds. The first-order chi connectivity index (χ1) is 7.27. The Morgan fingerprint density at radius 2 is 1.80 bits per heavy atom. The molecule has 0 aliphatic rings. The molecule has 1 heterocycles. The molecule has 4 heteroatoms. The first kappa shape index (κ1) is 13.8. The van der Waals surface area contributed by atoms with Gasteiger partial charge in [-0.15, -0.1) is 0 Å². The maximum absolute atomic E-state index is 12.9. The van der Waals surface area contributed by atoms with Crippen LogP contribution in [0.25, 0.3) is 10.2 Å². The molecule has 0 aliphatic carbocycles. The highest BCUT2D eigenvalue weighted by molar-refractivity contribution is 7.22. The molecule has 84 valence electrons. The number of benzene rings is 1. The van der Waals surface area contributed by atoms with Gasteiger partial charge in [0.15, 0.2) is 5.13 Å². The molecule has 1 aromatic carbocycles. The third kappa shape index (κ3) is 3.47. The number of anilines is 1. The van der Waals surface area contributed by atoms with Crippen LogP contribution in [0.15, 0.2) is 18.2 Å². The monoisotopic (exact) mass is 228 g/mol. The Morgan fingerprint density at radius 3 is 2.33 bits per heavy atom. The largest absolute Gasteiger partial charge is 0.375 e. The second kappa shape index (κ2) is 7.17. The summed E-state index contributed by atoms with van der Waals surface area (Å²) in [6.45, 7) is 8.00. The van der Waals surface area contributed by atoms with E-state index in [1.54, 1.807) is 12.1 Å². The maximum Gasteiger partial charge on any atom is 0.181 e. The summed E-state index contributed by atoms with van der Waals surface area (Å²) in [5.74, 6) is -0.253. The molecular formula is C11H17FN2S. The summed E-state index contributed by atoms with van der Waals surface area (Å²) in [5.41, 5.74) is 6.03. The van der Waals surface area contributed by atoms with E-state index in [1.165, 1.54) is 17.4 Å². The van der Waals surface area contributed by atoms with Crippen molar-refractivity contribution in [1.29, 1.82) is 0 Å². The Morgan fingerprint density at radius 1 is 1.20 bits per heavy atom. The van der Waals surface area contributed by atoms with Gasteiger partial charge in [0.1, 0.15) is 5.82 Å². The van der Waals surface area contributed by atoms with Crippen LogP contribution in [0.5, 0.6) is 0 Å². The van der Waals surface area contributed by atoms with Gasteiger partial charge in [-0.2, -0.15) is 0 Å². The topological polar surface area (TPSA) is 38.9 Å². The third-order valence-corrected chi connectivity index (χ3v) is 2.29. The smallest absolute Gasteiger partial charge is 0.181 e. The Bertz CT molecular complexity index is 398. The van der Waals surface area contributed by atoms with Gasteiger partial charge in [0, 0.05) is 0 Å². The average molecular weight is 228 g/mol. The van der Waals surface area contributed by atoms with Crippen molar-refractivity contribution in [2.45, 2.75) is 27.7 Å². The van der Waals surface area contributed by atoms with Gasteiger partial charge in [-0.25, -0.2) is 9.37 Å². The molecule has 2 N–H and O–H groups in total. The summed E-state index contributed by atoms with van der Waals surface area (Å²) in [7, 11) is 0. The van der Waals surface area contributed by atoms with Crippen LogP contribution in [0, 0.1) is 5.82 Å². The summed E-state index contributed by atoms with van der Waals surface area (Å²) in [6.07, 6.45) is 0. The molecule has 2 aromatic rings. The number of hydrogen-bond acceptors (Lipinski definition) is 3. The van der Waals surface area contributed by atoms with Crippen molar-refractivity contribution >= 4 is 26.7 Å². The number of thiazole rings is 1. The summed E-state index contributed by atoms with van der Waals surface area (Å²) >= 11 is 1.17. The van der Waals surface area contributed by atoms with Crippen LogP contribution in [0.4, 0.5) is 9.52 Å². The zero-order chi connectivity index (χ0) is 11.8. The maximum atomic E-state index is 12.9. The lowest BCUT2D eigenvalue weighted by Gasteiger charge is -1.86. The molecular weight excluding hydrogens is 211 g/mol. The minimum Gasteiger partial charge on any atom is -0.375 e. The number of nitrogen functional groups attached to an aromatic ring is 1. The fourth-order valence-electron chi connectivity index (χ4n) is 0.933. The Labute approximate surface area is 93.9 Å². The van der Waals surface area contributed by atoms with Gasteiger partial charge in [0.25, 0.3) is 0 Å². The van der Waals surface area contributed by atoms with E-state index in [0.29, 0.717) is 15.3 Å². The Kier molecular flexibility index (Phi) is 6.62. The second-order valence-corrected chi connectivity index (χ2v) is 3.17. The molecule has 0 saturated heterocycles. The first-order valence-corrected chi connectivity index (χ1v) is 5.89. The number of fused-ring (bicyclic) bond motifs is 1. The van der Waals surface area contributed by atoms with E-state index < -0.39 is 0 Å². The number of nitrogens with zero attached hydrogens (tertiary/aromatic N) is 1. The minimum atomic E-state index is -0.253. The number of nitrogens with two attached hydrogens (primary N) is 1. The highest BCUT2D eigenvalue weighted by Gasteiger charge is 2.03. The van der Waals surface area contributed by atoms with Crippen LogP contribution in [-0.4, -0.2) is 4.98 Å². The van der Waals surface area contributed by atoms with Gasteiger partial charge < -0.3 is 5.73 Å².